The predicted molar refractivity (Wildman–Crippen MR) is 107 cm³/mol. The Hall–Kier alpha value is -3.92. The van der Waals surface area contributed by atoms with Gasteiger partial charge in [0.25, 0.3) is 5.69 Å². The Bertz CT molecular complexity index is 1210. The van der Waals surface area contributed by atoms with Gasteiger partial charge in [0.1, 0.15) is 5.69 Å². The number of nitrogens with one attached hydrogen (secondary N) is 2. The SMILES string of the molecule is O=[N+]([O-])c1ccc(C=Nn2c(-c3cc(-c4ccccc4)n[nH]3)n[nH]c2=S)cc1. The molecule has 0 spiro atoms. The number of aromatic amines is 2. The molecule has 0 unspecified atom stereocenters. The van der Waals surface area contributed by atoms with Gasteiger partial charge in [0, 0.05) is 17.7 Å². The second kappa shape index (κ2) is 7.37. The number of benzene rings is 2. The van der Waals surface area contributed by atoms with Crippen molar-refractivity contribution in [3.8, 4) is 22.8 Å². The summed E-state index contributed by atoms with van der Waals surface area (Å²) in [6.07, 6.45) is 1.55. The van der Waals surface area contributed by atoms with E-state index in [0.29, 0.717) is 21.9 Å². The van der Waals surface area contributed by atoms with Crippen LogP contribution in [0.3, 0.4) is 0 Å². The summed E-state index contributed by atoms with van der Waals surface area (Å²) >= 11 is 5.25. The number of nitrogens with zero attached hydrogens (tertiary/aromatic N) is 5. The highest BCUT2D eigenvalue weighted by Gasteiger charge is 2.12. The molecule has 28 heavy (non-hydrogen) atoms. The van der Waals surface area contributed by atoms with Crippen molar-refractivity contribution < 1.29 is 4.92 Å². The van der Waals surface area contributed by atoms with Gasteiger partial charge in [0.05, 0.1) is 16.8 Å². The smallest absolute Gasteiger partial charge is 0.269 e. The Labute approximate surface area is 163 Å². The van der Waals surface area contributed by atoms with Gasteiger partial charge in [0.15, 0.2) is 0 Å². The van der Waals surface area contributed by atoms with E-state index in [1.807, 2.05) is 36.4 Å². The Morgan fingerprint density at radius 2 is 1.82 bits per heavy atom. The topological polar surface area (TPSA) is 118 Å². The van der Waals surface area contributed by atoms with Gasteiger partial charge in [-0.3, -0.25) is 15.2 Å². The third-order valence-corrected chi connectivity index (χ3v) is 4.23. The van der Waals surface area contributed by atoms with Crippen molar-refractivity contribution >= 4 is 24.1 Å². The maximum atomic E-state index is 10.7. The lowest BCUT2D eigenvalue weighted by molar-refractivity contribution is -0.384. The maximum absolute atomic E-state index is 10.7. The molecule has 0 saturated carbocycles. The van der Waals surface area contributed by atoms with Crippen LogP contribution in [0.1, 0.15) is 5.56 Å². The Balaban J connectivity index is 1.64. The molecule has 0 aliphatic carbocycles. The summed E-state index contributed by atoms with van der Waals surface area (Å²) < 4.78 is 1.77. The molecule has 2 N–H and O–H groups in total. The van der Waals surface area contributed by atoms with E-state index < -0.39 is 4.92 Å². The number of nitro benzene ring substituents is 1. The molecule has 0 atom stereocenters. The number of rotatable bonds is 5. The first-order valence-corrected chi connectivity index (χ1v) is 8.60. The lowest BCUT2D eigenvalue weighted by Gasteiger charge is -1.98. The summed E-state index contributed by atoms with van der Waals surface area (Å²) in [6.45, 7) is 0. The number of hydrogen-bond acceptors (Lipinski definition) is 6. The zero-order chi connectivity index (χ0) is 19.5. The van der Waals surface area contributed by atoms with E-state index >= 15 is 0 Å². The molecule has 0 bridgehead atoms. The average molecular weight is 391 g/mol. The molecule has 0 radical (unpaired) electrons. The van der Waals surface area contributed by atoms with E-state index in [0.717, 1.165) is 11.3 Å². The fraction of sp³-hybridized carbons (Fsp3) is 0. The summed E-state index contributed by atoms with van der Waals surface area (Å²) in [5.74, 6) is 0.470. The normalized spacial score (nSPS) is 11.1. The van der Waals surface area contributed by atoms with Crippen molar-refractivity contribution in [3.63, 3.8) is 0 Å². The molecule has 4 aromatic rings. The van der Waals surface area contributed by atoms with Crippen LogP contribution < -0.4 is 0 Å². The van der Waals surface area contributed by atoms with Crippen LogP contribution in [0.15, 0.2) is 65.8 Å². The zero-order valence-corrected chi connectivity index (χ0v) is 15.1. The minimum Gasteiger partial charge on any atom is -0.274 e. The van der Waals surface area contributed by atoms with E-state index in [1.165, 1.54) is 16.8 Å². The van der Waals surface area contributed by atoms with Gasteiger partial charge in [-0.25, -0.2) is 5.10 Å². The van der Waals surface area contributed by atoms with Crippen molar-refractivity contribution in [2.45, 2.75) is 0 Å². The predicted octanol–water partition coefficient (Wildman–Crippen LogP) is 3.79. The lowest BCUT2D eigenvalue weighted by atomic mass is 10.1. The van der Waals surface area contributed by atoms with E-state index in [-0.39, 0.29) is 5.69 Å². The van der Waals surface area contributed by atoms with Crippen molar-refractivity contribution in [1.82, 2.24) is 25.1 Å². The van der Waals surface area contributed by atoms with E-state index in [2.05, 4.69) is 25.5 Å². The van der Waals surface area contributed by atoms with Crippen LogP contribution in [0.4, 0.5) is 5.69 Å². The number of H-pyrrole nitrogens is 2. The van der Waals surface area contributed by atoms with Crippen LogP contribution in [0, 0.1) is 14.9 Å². The van der Waals surface area contributed by atoms with Gasteiger partial charge in [-0.2, -0.15) is 20.0 Å². The molecule has 10 heteroatoms. The van der Waals surface area contributed by atoms with Gasteiger partial charge < -0.3 is 0 Å². The molecule has 138 valence electrons. The number of nitro groups is 1. The monoisotopic (exact) mass is 391 g/mol. The van der Waals surface area contributed by atoms with Crippen molar-refractivity contribution in [3.05, 3.63) is 81.1 Å². The standard InChI is InChI=1S/C18H13N7O2S/c26-25(27)14-8-6-12(7-9-14)11-19-24-17(22-23-18(24)28)16-10-15(20-21-16)13-4-2-1-3-5-13/h1-11H,(H,20,21)(H,23,28). The minimum absolute atomic E-state index is 0.0173. The van der Waals surface area contributed by atoms with Gasteiger partial charge >= 0.3 is 0 Å². The van der Waals surface area contributed by atoms with Crippen LogP contribution in [-0.4, -0.2) is 36.2 Å². The summed E-state index contributed by atoms with van der Waals surface area (Å²) in [7, 11) is 0. The first-order chi connectivity index (χ1) is 13.6. The Morgan fingerprint density at radius 1 is 1.07 bits per heavy atom. The van der Waals surface area contributed by atoms with Gasteiger partial charge in [0.2, 0.25) is 10.6 Å². The van der Waals surface area contributed by atoms with Crippen molar-refractivity contribution in [2.75, 3.05) is 0 Å². The molecule has 9 nitrogen and oxygen atoms in total. The summed E-state index contributed by atoms with van der Waals surface area (Å²) in [5, 5.41) is 29.3. The van der Waals surface area contributed by atoms with E-state index in [4.69, 9.17) is 12.2 Å². The minimum atomic E-state index is -0.451. The number of non-ortho nitro benzene ring substituents is 1. The fourth-order valence-corrected chi connectivity index (χ4v) is 2.75. The second-order valence-corrected chi connectivity index (χ2v) is 6.18. The third kappa shape index (κ3) is 3.48. The van der Waals surface area contributed by atoms with Crippen molar-refractivity contribution in [1.29, 1.82) is 0 Å². The molecule has 2 heterocycles. The molecule has 0 aliphatic rings. The van der Waals surface area contributed by atoms with E-state index in [9.17, 15) is 10.1 Å². The van der Waals surface area contributed by atoms with Crippen LogP contribution in [0.25, 0.3) is 22.8 Å². The maximum Gasteiger partial charge on any atom is 0.269 e. The molecule has 0 amide bonds. The van der Waals surface area contributed by atoms with E-state index in [1.54, 1.807) is 18.3 Å². The van der Waals surface area contributed by atoms with Crippen molar-refractivity contribution in [2.24, 2.45) is 5.10 Å². The molecule has 0 fully saturated rings. The molecule has 0 aliphatic heterocycles. The molecular formula is C18H13N7O2S. The quantitative estimate of drug-likeness (QED) is 0.232. The van der Waals surface area contributed by atoms with Gasteiger partial charge in [-0.05, 0) is 36.0 Å². The fourth-order valence-electron chi connectivity index (χ4n) is 2.57. The molecular weight excluding hydrogens is 378 g/mol. The lowest BCUT2D eigenvalue weighted by Crippen LogP contribution is -1.95. The Morgan fingerprint density at radius 3 is 2.54 bits per heavy atom. The Kier molecular flexibility index (Phi) is 4.60. The third-order valence-electron chi connectivity index (χ3n) is 3.96. The summed E-state index contributed by atoms with van der Waals surface area (Å²) in [4.78, 5) is 10.3. The number of aromatic nitrogens is 5. The van der Waals surface area contributed by atoms with Crippen LogP contribution in [0.2, 0.25) is 0 Å². The number of hydrogen-bond donors (Lipinski definition) is 2. The zero-order valence-electron chi connectivity index (χ0n) is 14.3. The largest absolute Gasteiger partial charge is 0.274 e. The summed E-state index contributed by atoms with van der Waals surface area (Å²) in [6, 6.07) is 17.6. The highest BCUT2D eigenvalue weighted by Crippen LogP contribution is 2.22. The summed E-state index contributed by atoms with van der Waals surface area (Å²) in [5.41, 5.74) is 3.10. The molecule has 0 saturated heterocycles. The highest BCUT2D eigenvalue weighted by molar-refractivity contribution is 7.71. The van der Waals surface area contributed by atoms with Gasteiger partial charge in [-0.1, -0.05) is 30.3 Å². The first kappa shape index (κ1) is 17.5. The van der Waals surface area contributed by atoms with Crippen LogP contribution >= 0.6 is 12.2 Å². The first-order valence-electron chi connectivity index (χ1n) is 8.19. The van der Waals surface area contributed by atoms with Gasteiger partial charge in [-0.15, -0.1) is 0 Å². The molecule has 4 rings (SSSR count). The molecule has 2 aromatic carbocycles. The van der Waals surface area contributed by atoms with Crippen LogP contribution in [0.5, 0.6) is 0 Å². The highest BCUT2D eigenvalue weighted by atomic mass is 32.1. The average Bonchev–Trinajstić information content (AvgIpc) is 3.34. The second-order valence-electron chi connectivity index (χ2n) is 5.79. The van der Waals surface area contributed by atoms with Crippen LogP contribution in [-0.2, 0) is 0 Å². The molecule has 2 aromatic heterocycles.